The summed E-state index contributed by atoms with van der Waals surface area (Å²) in [6.45, 7) is 28.3. The van der Waals surface area contributed by atoms with Crippen LogP contribution in [0.3, 0.4) is 0 Å². The van der Waals surface area contributed by atoms with E-state index in [1.54, 1.807) is 0 Å². The van der Waals surface area contributed by atoms with E-state index < -0.39 is 0 Å². The highest BCUT2D eigenvalue weighted by atomic mass is 15.2. The normalized spacial score (nSPS) is 13.7. The van der Waals surface area contributed by atoms with E-state index in [1.807, 2.05) is 0 Å². The second kappa shape index (κ2) is 16.8. The molecule has 3 heterocycles. The third-order valence-corrected chi connectivity index (χ3v) is 16.7. The highest BCUT2D eigenvalue weighted by Crippen LogP contribution is 2.51. The number of para-hydroxylation sites is 2. The molecule has 0 bridgehead atoms. The number of nitrogens with zero attached hydrogens (tertiary/aromatic N) is 3. The Kier molecular flexibility index (Phi) is 10.6. The molecule has 0 spiro atoms. The largest absolute Gasteiger partial charge is 0.311 e. The van der Waals surface area contributed by atoms with Gasteiger partial charge in [-0.1, -0.05) is 210 Å². The van der Waals surface area contributed by atoms with Crippen molar-refractivity contribution in [3.63, 3.8) is 0 Å². The molecule has 10 aromatic carbocycles. The molecule has 0 aliphatic carbocycles. The summed E-state index contributed by atoms with van der Waals surface area (Å²) in [6.07, 6.45) is 0. The average Bonchev–Trinajstić information content (AvgIpc) is 3.90. The summed E-state index contributed by atoms with van der Waals surface area (Å²) < 4.78 is 2.42. The molecule has 76 heavy (non-hydrogen) atoms. The molecule has 0 fully saturated rings. The Labute approximate surface area is 450 Å². The topological polar surface area (TPSA) is 11.4 Å². The van der Waals surface area contributed by atoms with Crippen LogP contribution in [0.1, 0.15) is 105 Å². The van der Waals surface area contributed by atoms with Gasteiger partial charge in [0, 0.05) is 61.4 Å². The lowest BCUT2D eigenvalue weighted by molar-refractivity contribution is 0.568. The molecule has 2 aliphatic heterocycles. The number of benzene rings is 10. The molecule has 4 heteroatoms. The van der Waals surface area contributed by atoms with Gasteiger partial charge in [-0.05, 0) is 149 Å². The molecule has 11 aromatic rings. The summed E-state index contributed by atoms with van der Waals surface area (Å²) in [5.74, 6) is 0. The maximum atomic E-state index is 2.68. The Balaban J connectivity index is 1.21. The second-order valence-electron chi connectivity index (χ2n) is 25.9. The first-order valence-electron chi connectivity index (χ1n) is 27.4. The average molecular weight is 986 g/mol. The van der Waals surface area contributed by atoms with Crippen LogP contribution in [0.5, 0.6) is 0 Å². The third kappa shape index (κ3) is 7.61. The van der Waals surface area contributed by atoms with E-state index in [2.05, 4.69) is 292 Å². The molecule has 13 rings (SSSR count). The fourth-order valence-corrected chi connectivity index (χ4v) is 12.4. The van der Waals surface area contributed by atoms with Crippen molar-refractivity contribution in [2.45, 2.75) is 105 Å². The van der Waals surface area contributed by atoms with Gasteiger partial charge in [-0.15, -0.1) is 0 Å². The summed E-state index contributed by atoms with van der Waals surface area (Å²) in [5, 5.41) is 7.46. The van der Waals surface area contributed by atoms with Gasteiger partial charge in [-0.25, -0.2) is 0 Å². The minimum absolute atomic E-state index is 0.0575. The lowest BCUT2D eigenvalue weighted by Crippen LogP contribution is -2.61. The lowest BCUT2D eigenvalue weighted by atomic mass is 9.33. The van der Waals surface area contributed by atoms with Gasteiger partial charge >= 0.3 is 0 Å². The van der Waals surface area contributed by atoms with Crippen LogP contribution in [0.2, 0.25) is 0 Å². The van der Waals surface area contributed by atoms with Gasteiger partial charge in [-0.2, -0.15) is 0 Å². The predicted molar refractivity (Wildman–Crippen MR) is 330 cm³/mol. The van der Waals surface area contributed by atoms with Crippen molar-refractivity contribution in [1.82, 2.24) is 4.57 Å². The number of hydrogen-bond acceptors (Lipinski definition) is 2. The summed E-state index contributed by atoms with van der Waals surface area (Å²) in [4.78, 5) is 5.36. The first-order valence-corrected chi connectivity index (χ1v) is 27.4. The molecule has 0 N–H and O–H groups in total. The highest BCUT2D eigenvalue weighted by Gasteiger charge is 2.45. The first-order chi connectivity index (χ1) is 36.2. The van der Waals surface area contributed by atoms with Crippen molar-refractivity contribution >= 4 is 101 Å². The van der Waals surface area contributed by atoms with Crippen LogP contribution >= 0.6 is 0 Å². The molecule has 374 valence electrons. The van der Waals surface area contributed by atoms with E-state index in [-0.39, 0.29) is 28.4 Å². The van der Waals surface area contributed by atoms with Gasteiger partial charge in [0.25, 0.3) is 6.71 Å². The zero-order valence-electron chi connectivity index (χ0n) is 46.4. The molecule has 0 atom stereocenters. The zero-order chi connectivity index (χ0) is 52.8. The minimum Gasteiger partial charge on any atom is -0.311 e. The molecule has 0 unspecified atom stereocenters. The maximum Gasteiger partial charge on any atom is 0.252 e. The summed E-state index contributed by atoms with van der Waals surface area (Å²) >= 11 is 0. The SMILES string of the molecule is CC(C)(C)c1cc(N2c3cc(-c4ccc5c(c4)c4ccccc4n5-c4ccccc4)cc4c3B(c3ccc5ccccc5c32)c2ccc3ccccc3c2N4c2cc(C(C)(C)C)cc(C(C)(C)C)c2)cc(C(C)(C)C)c1. The van der Waals surface area contributed by atoms with Crippen molar-refractivity contribution in [3.05, 3.63) is 216 Å². The first kappa shape index (κ1) is 47.9. The number of rotatable bonds is 4. The van der Waals surface area contributed by atoms with Gasteiger partial charge in [0.05, 0.1) is 11.0 Å². The monoisotopic (exact) mass is 986 g/mol. The van der Waals surface area contributed by atoms with Gasteiger partial charge < -0.3 is 14.4 Å². The zero-order valence-corrected chi connectivity index (χ0v) is 46.4. The van der Waals surface area contributed by atoms with E-state index >= 15 is 0 Å². The standard InChI is InChI=1S/C72H68BN3/c1-69(2,3)49-39-50(70(4,5)6)42-54(41-49)75-64-37-48(47-32-35-63-59(36-47)58-28-20-21-29-62(58)74(63)53-24-14-13-15-25-53)38-65-66(64)73(60-33-30-45-22-16-18-26-56(45)67(60)75)61-34-31-46-23-17-19-27-57(46)68(61)76(65)55-43-51(71(7,8)9)40-52(44-55)72(10,11)12/h13-44H,1-12H3. The van der Waals surface area contributed by atoms with Crippen LogP contribution in [0, 0.1) is 0 Å². The van der Waals surface area contributed by atoms with Gasteiger partial charge in [0.1, 0.15) is 0 Å². The number of aromatic nitrogens is 1. The molecule has 0 saturated heterocycles. The molecule has 0 saturated carbocycles. The van der Waals surface area contributed by atoms with Crippen molar-refractivity contribution in [3.8, 4) is 16.8 Å². The Bertz CT molecular complexity index is 3910. The lowest BCUT2D eigenvalue weighted by Gasteiger charge is -2.46. The number of hydrogen-bond donors (Lipinski definition) is 0. The molecule has 1 aromatic heterocycles. The minimum atomic E-state index is -0.0921. The molecule has 2 aliphatic rings. The van der Waals surface area contributed by atoms with Crippen LogP contribution in [-0.2, 0) is 21.7 Å². The summed E-state index contributed by atoms with van der Waals surface area (Å²) in [5.41, 5.74) is 22.2. The molecule has 0 radical (unpaired) electrons. The van der Waals surface area contributed by atoms with E-state index in [1.165, 1.54) is 127 Å². The highest BCUT2D eigenvalue weighted by molar-refractivity contribution is 7.00. The van der Waals surface area contributed by atoms with Gasteiger partial charge in [0.2, 0.25) is 0 Å². The molecule has 0 amide bonds. The fourth-order valence-electron chi connectivity index (χ4n) is 12.4. The Morgan fingerprint density at radius 1 is 0.316 bits per heavy atom. The van der Waals surface area contributed by atoms with Gasteiger partial charge in [-0.3, -0.25) is 0 Å². The van der Waals surface area contributed by atoms with E-state index in [9.17, 15) is 0 Å². The quantitative estimate of drug-likeness (QED) is 0.163. The summed E-state index contributed by atoms with van der Waals surface area (Å²) in [7, 11) is 0. The van der Waals surface area contributed by atoms with Crippen LogP contribution in [0.25, 0.3) is 60.2 Å². The van der Waals surface area contributed by atoms with Crippen molar-refractivity contribution in [1.29, 1.82) is 0 Å². The van der Waals surface area contributed by atoms with Crippen molar-refractivity contribution in [2.24, 2.45) is 0 Å². The van der Waals surface area contributed by atoms with Gasteiger partial charge in [0.15, 0.2) is 0 Å². The fraction of sp³-hybridized carbons (Fsp3) is 0.222. The smallest absolute Gasteiger partial charge is 0.252 e. The van der Waals surface area contributed by atoms with Crippen LogP contribution in [0.15, 0.2) is 194 Å². The molecule has 3 nitrogen and oxygen atoms in total. The van der Waals surface area contributed by atoms with Crippen molar-refractivity contribution < 1.29 is 0 Å². The van der Waals surface area contributed by atoms with Crippen molar-refractivity contribution in [2.75, 3.05) is 9.80 Å². The van der Waals surface area contributed by atoms with Crippen LogP contribution < -0.4 is 26.2 Å². The third-order valence-electron chi connectivity index (χ3n) is 16.7. The van der Waals surface area contributed by atoms with E-state index in [0.29, 0.717) is 0 Å². The molecular weight excluding hydrogens is 918 g/mol. The Hall–Kier alpha value is -7.82. The second-order valence-corrected chi connectivity index (χ2v) is 25.9. The predicted octanol–water partition coefficient (Wildman–Crippen LogP) is 18.0. The van der Waals surface area contributed by atoms with E-state index in [4.69, 9.17) is 0 Å². The number of anilines is 6. The molecular formula is C72H68BN3. The van der Waals surface area contributed by atoms with E-state index in [0.717, 1.165) is 5.69 Å². The Morgan fingerprint density at radius 3 is 1.21 bits per heavy atom. The number of fused-ring (bicyclic) bond motifs is 11. The van der Waals surface area contributed by atoms with Crippen LogP contribution in [-0.4, -0.2) is 11.3 Å². The Morgan fingerprint density at radius 2 is 0.737 bits per heavy atom. The summed E-state index contributed by atoms with van der Waals surface area (Å²) in [6, 6.07) is 74.7. The van der Waals surface area contributed by atoms with Crippen LogP contribution in [0.4, 0.5) is 34.1 Å². The maximum absolute atomic E-state index is 2.68.